The van der Waals surface area contributed by atoms with E-state index in [4.69, 9.17) is 5.90 Å². The van der Waals surface area contributed by atoms with Crippen LogP contribution in [0.5, 0.6) is 0 Å². The predicted octanol–water partition coefficient (Wildman–Crippen LogP) is 2.27. The van der Waals surface area contributed by atoms with Gasteiger partial charge in [-0.05, 0) is 35.9 Å². The Hall–Kier alpha value is -3.23. The molecule has 1 amide bonds. The third-order valence-electron chi connectivity index (χ3n) is 3.38. The molecule has 0 radical (unpaired) electrons. The summed E-state index contributed by atoms with van der Waals surface area (Å²) in [6, 6.07) is 11.7. The van der Waals surface area contributed by atoms with Crippen LogP contribution >= 0.6 is 11.3 Å². The Morgan fingerprint density at radius 3 is 2.80 bits per heavy atom. The Balaban J connectivity index is 1.76. The second-order valence-corrected chi connectivity index (χ2v) is 6.06. The number of aromatic nitrogens is 1. The van der Waals surface area contributed by atoms with Crippen LogP contribution in [0.2, 0.25) is 0 Å². The Kier molecular flexibility index (Phi) is 4.73. The largest absolute Gasteiger partial charge is 0.370 e. The summed E-state index contributed by atoms with van der Waals surface area (Å²) >= 11 is 1.10. The van der Waals surface area contributed by atoms with E-state index in [1.807, 2.05) is 0 Å². The first kappa shape index (κ1) is 16.6. The van der Waals surface area contributed by atoms with Crippen molar-refractivity contribution in [3.8, 4) is 0 Å². The van der Waals surface area contributed by atoms with Crippen LogP contribution in [0, 0.1) is 0 Å². The van der Waals surface area contributed by atoms with Crippen LogP contribution in [0.4, 0.5) is 5.69 Å². The van der Waals surface area contributed by atoms with Crippen LogP contribution < -0.4 is 16.1 Å². The molecule has 1 heterocycles. The highest BCUT2D eigenvalue weighted by Gasteiger charge is 2.12. The smallest absolute Gasteiger partial charge is 0.358 e. The lowest BCUT2D eigenvalue weighted by molar-refractivity contribution is -0.111. The Morgan fingerprint density at radius 2 is 2.00 bits per heavy atom. The molecule has 0 saturated heterocycles. The monoisotopic (exact) mass is 355 g/mol. The van der Waals surface area contributed by atoms with Crippen molar-refractivity contribution >= 4 is 45.2 Å². The Morgan fingerprint density at radius 1 is 1.20 bits per heavy atom. The lowest BCUT2D eigenvalue weighted by Gasteiger charge is -2.07. The quantitative estimate of drug-likeness (QED) is 0.491. The van der Waals surface area contributed by atoms with Gasteiger partial charge in [0.25, 0.3) is 0 Å². The number of H-pyrrole nitrogens is 1. The number of fused-ring (bicyclic) bond motifs is 1. The van der Waals surface area contributed by atoms with Crippen molar-refractivity contribution in [2.45, 2.75) is 0 Å². The highest BCUT2D eigenvalue weighted by Crippen LogP contribution is 2.18. The summed E-state index contributed by atoms with van der Waals surface area (Å²) in [4.78, 5) is 41.8. The van der Waals surface area contributed by atoms with Crippen LogP contribution in [-0.4, -0.2) is 16.9 Å². The van der Waals surface area contributed by atoms with Crippen LogP contribution in [0.1, 0.15) is 15.9 Å². The number of carbonyl (C=O) groups excluding carboxylic acids is 2. The number of hydrogen-bond acceptors (Lipinski definition) is 6. The van der Waals surface area contributed by atoms with Gasteiger partial charge in [-0.25, -0.2) is 4.79 Å². The standard InChI is InChI=1S/C17H13N3O4S/c18-24-16(22)11-3-1-2-4-12(11)19-15(21)8-6-10-5-7-13-14(9-10)25-17(23)20-13/h1-9H,18H2,(H,19,21)(H,20,23)/b8-6+. The maximum atomic E-state index is 12.1. The molecule has 25 heavy (non-hydrogen) atoms. The summed E-state index contributed by atoms with van der Waals surface area (Å²) in [6.07, 6.45) is 2.95. The van der Waals surface area contributed by atoms with Gasteiger partial charge in [0.05, 0.1) is 21.5 Å². The molecule has 0 aliphatic carbocycles. The van der Waals surface area contributed by atoms with Crippen molar-refractivity contribution in [3.63, 3.8) is 0 Å². The number of nitrogens with two attached hydrogens (primary N) is 1. The minimum absolute atomic E-state index is 0.128. The molecule has 1 aromatic heterocycles. The van der Waals surface area contributed by atoms with E-state index in [-0.39, 0.29) is 10.4 Å². The third kappa shape index (κ3) is 3.82. The molecule has 3 aromatic rings. The molecular formula is C17H13N3O4S. The molecule has 3 rings (SSSR count). The fraction of sp³-hybridized carbons (Fsp3) is 0. The van der Waals surface area contributed by atoms with Gasteiger partial charge >= 0.3 is 10.8 Å². The second-order valence-electron chi connectivity index (χ2n) is 5.04. The molecule has 0 saturated carbocycles. The maximum absolute atomic E-state index is 12.1. The maximum Gasteiger partial charge on any atom is 0.358 e. The highest BCUT2D eigenvalue weighted by atomic mass is 32.1. The molecule has 7 nitrogen and oxygen atoms in total. The first-order valence-electron chi connectivity index (χ1n) is 7.19. The van der Waals surface area contributed by atoms with E-state index in [1.165, 1.54) is 12.1 Å². The number of nitrogens with one attached hydrogen (secondary N) is 2. The molecule has 4 N–H and O–H groups in total. The van der Waals surface area contributed by atoms with Crippen LogP contribution in [0.25, 0.3) is 16.3 Å². The minimum Gasteiger partial charge on any atom is -0.370 e. The van der Waals surface area contributed by atoms with Crippen LogP contribution in [0.3, 0.4) is 0 Å². The number of hydrogen-bond donors (Lipinski definition) is 3. The lowest BCUT2D eigenvalue weighted by atomic mass is 10.1. The molecule has 0 aliphatic heterocycles. The summed E-state index contributed by atoms with van der Waals surface area (Å²) in [5.74, 6) is 3.73. The highest BCUT2D eigenvalue weighted by molar-refractivity contribution is 7.16. The van der Waals surface area contributed by atoms with Gasteiger partial charge in [0.1, 0.15) is 0 Å². The van der Waals surface area contributed by atoms with Gasteiger partial charge in [-0.1, -0.05) is 29.5 Å². The number of carbonyl (C=O) groups is 2. The zero-order valence-electron chi connectivity index (χ0n) is 12.8. The molecule has 0 fully saturated rings. The summed E-state index contributed by atoms with van der Waals surface area (Å²) < 4.78 is 0.809. The van der Waals surface area contributed by atoms with Crippen molar-refractivity contribution in [1.29, 1.82) is 0 Å². The fourth-order valence-electron chi connectivity index (χ4n) is 2.25. The predicted molar refractivity (Wildman–Crippen MR) is 96.2 cm³/mol. The van der Waals surface area contributed by atoms with Gasteiger partial charge in [0, 0.05) is 6.08 Å². The third-order valence-corrected chi connectivity index (χ3v) is 4.23. The van der Waals surface area contributed by atoms with Gasteiger partial charge in [0.2, 0.25) is 5.91 Å². The number of para-hydroxylation sites is 1. The van der Waals surface area contributed by atoms with E-state index in [2.05, 4.69) is 15.1 Å². The van der Waals surface area contributed by atoms with Crippen molar-refractivity contribution in [2.75, 3.05) is 5.32 Å². The normalized spacial score (nSPS) is 10.9. The van der Waals surface area contributed by atoms with E-state index in [0.29, 0.717) is 5.69 Å². The fourth-order valence-corrected chi connectivity index (χ4v) is 3.03. The molecule has 0 bridgehead atoms. The van der Waals surface area contributed by atoms with E-state index in [9.17, 15) is 14.4 Å². The number of aromatic amines is 1. The molecule has 0 aliphatic rings. The Bertz CT molecular complexity index is 1040. The molecule has 0 spiro atoms. The van der Waals surface area contributed by atoms with Crippen LogP contribution in [-0.2, 0) is 9.63 Å². The van der Waals surface area contributed by atoms with Gasteiger partial charge in [-0.2, -0.15) is 5.90 Å². The van der Waals surface area contributed by atoms with Gasteiger partial charge in [-0.15, -0.1) is 0 Å². The van der Waals surface area contributed by atoms with Gasteiger partial charge in [-0.3, -0.25) is 9.59 Å². The van der Waals surface area contributed by atoms with Crippen molar-refractivity contribution in [3.05, 3.63) is 69.3 Å². The molecular weight excluding hydrogens is 342 g/mol. The topological polar surface area (TPSA) is 114 Å². The SMILES string of the molecule is NOC(=O)c1ccccc1NC(=O)/C=C/c1ccc2[nH]c(=O)sc2c1. The molecule has 8 heteroatoms. The van der Waals surface area contributed by atoms with Crippen LogP contribution in [0.15, 0.2) is 53.3 Å². The number of thiazole rings is 1. The first-order valence-corrected chi connectivity index (χ1v) is 8.00. The summed E-state index contributed by atoms with van der Waals surface area (Å²) in [5, 5.41) is 2.60. The minimum atomic E-state index is -0.743. The van der Waals surface area contributed by atoms with Crippen molar-refractivity contribution < 1.29 is 14.4 Å². The number of anilines is 1. The van der Waals surface area contributed by atoms with E-state index in [0.717, 1.165) is 27.1 Å². The summed E-state index contributed by atoms with van der Waals surface area (Å²) in [5.41, 5.74) is 1.98. The number of amides is 1. The lowest BCUT2D eigenvalue weighted by Crippen LogP contribution is -2.15. The average molecular weight is 355 g/mol. The number of rotatable bonds is 4. The first-order chi connectivity index (χ1) is 12.1. The number of benzene rings is 2. The molecule has 2 aromatic carbocycles. The zero-order chi connectivity index (χ0) is 17.8. The van der Waals surface area contributed by atoms with E-state index in [1.54, 1.807) is 42.5 Å². The molecule has 126 valence electrons. The summed E-state index contributed by atoms with van der Waals surface area (Å²) in [6.45, 7) is 0. The van der Waals surface area contributed by atoms with Crippen molar-refractivity contribution in [1.82, 2.24) is 4.98 Å². The zero-order valence-corrected chi connectivity index (χ0v) is 13.6. The van der Waals surface area contributed by atoms with Gasteiger partial charge in [0.15, 0.2) is 0 Å². The Labute approximate surface area is 145 Å². The second kappa shape index (κ2) is 7.12. The molecule has 0 atom stereocenters. The average Bonchev–Trinajstić information content (AvgIpc) is 2.99. The van der Waals surface area contributed by atoms with Gasteiger partial charge < -0.3 is 15.1 Å². The summed E-state index contributed by atoms with van der Waals surface area (Å²) in [7, 11) is 0. The molecule has 0 unspecified atom stereocenters. The van der Waals surface area contributed by atoms with E-state index >= 15 is 0 Å². The van der Waals surface area contributed by atoms with E-state index < -0.39 is 11.9 Å². The van der Waals surface area contributed by atoms with Crippen molar-refractivity contribution in [2.24, 2.45) is 5.90 Å².